The number of anilines is 1. The third-order valence-corrected chi connectivity index (χ3v) is 3.40. The lowest BCUT2D eigenvalue weighted by Gasteiger charge is -2.35. The fourth-order valence-electron chi connectivity index (χ4n) is 2.50. The number of nitrogens with zero attached hydrogens (tertiary/aromatic N) is 1. The van der Waals surface area contributed by atoms with E-state index in [0.29, 0.717) is 18.2 Å². The number of rotatable bonds is 4. The van der Waals surface area contributed by atoms with E-state index >= 15 is 0 Å². The van der Waals surface area contributed by atoms with Gasteiger partial charge in [0.25, 0.3) is 0 Å². The van der Waals surface area contributed by atoms with E-state index in [1.165, 1.54) is 0 Å². The third kappa shape index (κ3) is 4.87. The molecule has 2 rings (SSSR count). The van der Waals surface area contributed by atoms with Crippen LogP contribution in [0.2, 0.25) is 0 Å². The van der Waals surface area contributed by atoms with Gasteiger partial charge in [0, 0.05) is 18.8 Å². The first-order valence-corrected chi connectivity index (χ1v) is 7.69. The molecule has 6 heteroatoms. The highest BCUT2D eigenvalue weighted by Gasteiger charge is 2.29. The molecule has 2 N–H and O–H groups in total. The number of urea groups is 1. The predicted octanol–water partition coefficient (Wildman–Crippen LogP) is 2.95. The van der Waals surface area contributed by atoms with Crippen LogP contribution in [0.25, 0.3) is 0 Å². The molecule has 122 valence electrons. The number of pyridine rings is 1. The Hall–Kier alpha value is -1.82. The molecule has 0 radical (unpaired) electrons. The van der Waals surface area contributed by atoms with Crippen LogP contribution in [0, 0.1) is 0 Å². The van der Waals surface area contributed by atoms with Gasteiger partial charge in [0.1, 0.15) is 5.69 Å². The van der Waals surface area contributed by atoms with Crippen LogP contribution in [0.1, 0.15) is 40.5 Å². The van der Waals surface area contributed by atoms with Gasteiger partial charge in [-0.3, -0.25) is 0 Å². The van der Waals surface area contributed by atoms with Crippen molar-refractivity contribution in [2.24, 2.45) is 0 Å². The van der Waals surface area contributed by atoms with E-state index in [0.717, 1.165) is 12.8 Å². The maximum absolute atomic E-state index is 12.2. The van der Waals surface area contributed by atoms with E-state index in [2.05, 4.69) is 15.6 Å². The Bertz CT molecular complexity index is 517. The number of carbonyl (C=O) groups is 1. The topological polar surface area (TPSA) is 72.5 Å². The molecule has 1 aromatic heterocycles. The lowest BCUT2D eigenvalue weighted by atomic mass is 9.94. The van der Waals surface area contributed by atoms with Gasteiger partial charge in [0.05, 0.1) is 11.7 Å². The average molecular weight is 307 g/mol. The smallest absolute Gasteiger partial charge is 0.319 e. The van der Waals surface area contributed by atoms with Gasteiger partial charge in [0.15, 0.2) is 0 Å². The molecule has 0 bridgehead atoms. The Balaban J connectivity index is 1.95. The molecule has 0 saturated carbocycles. The van der Waals surface area contributed by atoms with Gasteiger partial charge in [-0.05, 0) is 52.7 Å². The summed E-state index contributed by atoms with van der Waals surface area (Å²) in [5.74, 6) is 0.431. The highest BCUT2D eigenvalue weighted by atomic mass is 16.5. The van der Waals surface area contributed by atoms with Crippen molar-refractivity contribution in [2.45, 2.75) is 58.3 Å². The zero-order chi connectivity index (χ0) is 16.2. The Morgan fingerprint density at radius 1 is 1.50 bits per heavy atom. The zero-order valence-electron chi connectivity index (χ0n) is 13.7. The van der Waals surface area contributed by atoms with Crippen molar-refractivity contribution in [1.29, 1.82) is 0 Å². The van der Waals surface area contributed by atoms with E-state index in [1.54, 1.807) is 18.3 Å². The molecule has 2 amide bonds. The Labute approximate surface area is 131 Å². The summed E-state index contributed by atoms with van der Waals surface area (Å²) in [6, 6.07) is 3.40. The van der Waals surface area contributed by atoms with Crippen LogP contribution < -0.4 is 15.4 Å². The molecule has 1 aromatic rings. The molecule has 1 aliphatic rings. The van der Waals surface area contributed by atoms with E-state index in [9.17, 15) is 4.79 Å². The van der Waals surface area contributed by atoms with Gasteiger partial charge in [-0.15, -0.1) is 0 Å². The van der Waals surface area contributed by atoms with Gasteiger partial charge in [-0.1, -0.05) is 0 Å². The quantitative estimate of drug-likeness (QED) is 0.897. The fraction of sp³-hybridized carbons (Fsp3) is 0.625. The Kier molecular flexibility index (Phi) is 5.24. The molecule has 0 aromatic carbocycles. The molecule has 0 spiro atoms. The van der Waals surface area contributed by atoms with Crippen molar-refractivity contribution in [3.63, 3.8) is 0 Å². The maximum Gasteiger partial charge on any atom is 0.319 e. The molecular weight excluding hydrogens is 282 g/mol. The summed E-state index contributed by atoms with van der Waals surface area (Å²) in [7, 11) is 0. The van der Waals surface area contributed by atoms with Crippen molar-refractivity contribution in [2.75, 3.05) is 11.9 Å². The zero-order valence-corrected chi connectivity index (χ0v) is 13.7. The molecule has 22 heavy (non-hydrogen) atoms. The number of nitrogens with one attached hydrogen (secondary N) is 2. The number of hydrogen-bond donors (Lipinski definition) is 2. The summed E-state index contributed by atoms with van der Waals surface area (Å²) < 4.78 is 11.3. The van der Waals surface area contributed by atoms with Gasteiger partial charge < -0.3 is 20.1 Å². The summed E-state index contributed by atoms with van der Waals surface area (Å²) in [5.41, 5.74) is 0.371. The Morgan fingerprint density at radius 2 is 2.27 bits per heavy atom. The van der Waals surface area contributed by atoms with E-state index in [1.807, 2.05) is 27.7 Å². The minimum absolute atomic E-state index is 0.00481. The second-order valence-corrected chi connectivity index (χ2v) is 6.42. The molecule has 1 aliphatic heterocycles. The average Bonchev–Trinajstić information content (AvgIpc) is 2.39. The van der Waals surface area contributed by atoms with E-state index < -0.39 is 0 Å². The molecule has 6 nitrogen and oxygen atoms in total. The number of amides is 2. The highest BCUT2D eigenvalue weighted by molar-refractivity contribution is 5.90. The fourth-order valence-corrected chi connectivity index (χ4v) is 2.50. The van der Waals surface area contributed by atoms with Crippen LogP contribution in [0.4, 0.5) is 10.5 Å². The summed E-state index contributed by atoms with van der Waals surface area (Å²) >= 11 is 0. The van der Waals surface area contributed by atoms with Crippen LogP contribution in [-0.2, 0) is 4.74 Å². The van der Waals surface area contributed by atoms with E-state index in [4.69, 9.17) is 9.47 Å². The molecule has 1 atom stereocenters. The molecule has 0 aliphatic carbocycles. The van der Waals surface area contributed by atoms with Crippen molar-refractivity contribution in [3.05, 3.63) is 18.3 Å². The first-order valence-electron chi connectivity index (χ1n) is 7.69. The largest absolute Gasteiger partial charge is 0.473 e. The number of carbonyl (C=O) groups excluding carboxylic acids is 1. The van der Waals surface area contributed by atoms with Crippen molar-refractivity contribution < 1.29 is 14.3 Å². The lowest BCUT2D eigenvalue weighted by Crippen LogP contribution is -2.47. The SMILES string of the molecule is CC(C)Oc1ncccc1NC(=O)NC1CCOC(C)(C)C1. The third-order valence-electron chi connectivity index (χ3n) is 3.40. The van der Waals surface area contributed by atoms with Crippen molar-refractivity contribution >= 4 is 11.7 Å². The standard InChI is InChI=1S/C16H25N3O3/c1-11(2)22-14-13(6-5-8-17-14)19-15(20)18-12-7-9-21-16(3,4)10-12/h5-6,8,11-12H,7,9-10H2,1-4H3,(H2,18,19,20). The normalized spacial score (nSPS) is 20.5. The molecule has 1 saturated heterocycles. The van der Waals surface area contributed by atoms with Gasteiger partial charge >= 0.3 is 6.03 Å². The second-order valence-electron chi connectivity index (χ2n) is 6.42. The van der Waals surface area contributed by atoms with Crippen LogP contribution in [0.15, 0.2) is 18.3 Å². The summed E-state index contributed by atoms with van der Waals surface area (Å²) in [6.45, 7) is 8.57. The highest BCUT2D eigenvalue weighted by Crippen LogP contribution is 2.25. The summed E-state index contributed by atoms with van der Waals surface area (Å²) in [6.07, 6.45) is 3.25. The predicted molar refractivity (Wildman–Crippen MR) is 85.2 cm³/mol. The van der Waals surface area contributed by atoms with E-state index in [-0.39, 0.29) is 23.8 Å². The Morgan fingerprint density at radius 3 is 2.95 bits per heavy atom. The first kappa shape index (κ1) is 16.5. The van der Waals surface area contributed by atoms with Crippen LogP contribution in [0.3, 0.4) is 0 Å². The lowest BCUT2D eigenvalue weighted by molar-refractivity contribution is -0.0609. The molecule has 2 heterocycles. The minimum atomic E-state index is -0.246. The number of aromatic nitrogens is 1. The monoisotopic (exact) mass is 307 g/mol. The first-order chi connectivity index (χ1) is 10.4. The van der Waals surface area contributed by atoms with Crippen molar-refractivity contribution in [3.8, 4) is 5.88 Å². The van der Waals surface area contributed by atoms with Crippen LogP contribution in [-0.4, -0.2) is 35.4 Å². The summed E-state index contributed by atoms with van der Waals surface area (Å²) in [5, 5.41) is 5.80. The molecule has 1 fully saturated rings. The van der Waals surface area contributed by atoms with Gasteiger partial charge in [-0.25, -0.2) is 9.78 Å². The minimum Gasteiger partial charge on any atom is -0.473 e. The van der Waals surface area contributed by atoms with Crippen LogP contribution in [0.5, 0.6) is 5.88 Å². The van der Waals surface area contributed by atoms with Gasteiger partial charge in [-0.2, -0.15) is 0 Å². The number of ether oxygens (including phenoxy) is 2. The molecule has 1 unspecified atom stereocenters. The summed E-state index contributed by atoms with van der Waals surface area (Å²) in [4.78, 5) is 16.3. The molecular formula is C16H25N3O3. The number of hydrogen-bond acceptors (Lipinski definition) is 4. The maximum atomic E-state index is 12.2. The van der Waals surface area contributed by atoms with Gasteiger partial charge in [0.2, 0.25) is 5.88 Å². The second kappa shape index (κ2) is 6.96. The van der Waals surface area contributed by atoms with Crippen molar-refractivity contribution in [1.82, 2.24) is 10.3 Å². The van der Waals surface area contributed by atoms with Crippen LogP contribution >= 0.6 is 0 Å².